The summed E-state index contributed by atoms with van der Waals surface area (Å²) in [4.78, 5) is 11.1. The second-order valence-electron chi connectivity index (χ2n) is 4.60. The summed E-state index contributed by atoms with van der Waals surface area (Å²) in [6, 6.07) is 10.2. The highest BCUT2D eigenvalue weighted by atomic mass is 16.1. The zero-order chi connectivity index (χ0) is 15.3. The average Bonchev–Trinajstić information content (AvgIpc) is 2.52. The number of carbonyl (C=O) groups excluding carboxylic acids is 1. The van der Waals surface area contributed by atoms with E-state index in [9.17, 15) is 4.79 Å². The van der Waals surface area contributed by atoms with Crippen LogP contribution in [0.4, 0.5) is 0 Å². The minimum absolute atomic E-state index is 0.146. The molecule has 0 atom stereocenters. The second kappa shape index (κ2) is 10.4. The first-order valence-electron chi connectivity index (χ1n) is 7.16. The van der Waals surface area contributed by atoms with Crippen LogP contribution in [0.3, 0.4) is 0 Å². The first kappa shape index (κ1) is 16.6. The standard InChI is InChI=1S/C20H22O/c1-3-20(21)17-11-10-13-18(2)12-6-4-7-14-19-15-8-5-9-16-19/h4-17H,3H2,1-2H3/b6-4+,13-10+,14-7+,17-11+,18-12+. The smallest absolute Gasteiger partial charge is 0.155 e. The fourth-order valence-corrected chi connectivity index (χ4v) is 1.55. The van der Waals surface area contributed by atoms with Crippen LogP contribution in [0.2, 0.25) is 0 Å². The number of rotatable bonds is 7. The van der Waals surface area contributed by atoms with Gasteiger partial charge in [-0.1, -0.05) is 91.4 Å². The van der Waals surface area contributed by atoms with Crippen LogP contribution in [0.5, 0.6) is 0 Å². The molecule has 0 fully saturated rings. The minimum Gasteiger partial charge on any atom is -0.295 e. The summed E-state index contributed by atoms with van der Waals surface area (Å²) in [6.07, 6.45) is 17.9. The molecule has 0 aromatic heterocycles. The first-order valence-corrected chi connectivity index (χ1v) is 7.16. The number of carbonyl (C=O) groups is 1. The quantitative estimate of drug-likeness (QED) is 0.489. The van der Waals surface area contributed by atoms with Crippen molar-refractivity contribution >= 4 is 11.9 Å². The molecule has 0 aliphatic rings. The van der Waals surface area contributed by atoms with Crippen molar-refractivity contribution in [3.8, 4) is 0 Å². The van der Waals surface area contributed by atoms with Gasteiger partial charge in [-0.3, -0.25) is 4.79 Å². The van der Waals surface area contributed by atoms with Crippen molar-refractivity contribution < 1.29 is 4.79 Å². The van der Waals surface area contributed by atoms with Gasteiger partial charge >= 0.3 is 0 Å². The van der Waals surface area contributed by atoms with Gasteiger partial charge in [0.25, 0.3) is 0 Å². The van der Waals surface area contributed by atoms with Gasteiger partial charge in [0.1, 0.15) is 0 Å². The molecular weight excluding hydrogens is 256 g/mol. The van der Waals surface area contributed by atoms with Gasteiger partial charge in [-0.15, -0.1) is 0 Å². The lowest BCUT2D eigenvalue weighted by molar-refractivity contribution is -0.114. The van der Waals surface area contributed by atoms with Gasteiger partial charge in [0, 0.05) is 6.42 Å². The molecule has 0 aliphatic heterocycles. The molecule has 0 radical (unpaired) electrons. The highest BCUT2D eigenvalue weighted by molar-refractivity contribution is 5.89. The molecule has 0 spiro atoms. The summed E-state index contributed by atoms with van der Waals surface area (Å²) < 4.78 is 0. The SMILES string of the molecule is CCC(=O)/C=C/C=C/C(C)=C/C=C/C=C/c1ccccc1. The average molecular weight is 278 g/mol. The number of hydrogen-bond donors (Lipinski definition) is 0. The Morgan fingerprint density at radius 2 is 1.67 bits per heavy atom. The summed E-state index contributed by atoms with van der Waals surface area (Å²) in [7, 11) is 0. The number of benzene rings is 1. The molecule has 1 rings (SSSR count). The predicted molar refractivity (Wildman–Crippen MR) is 92.0 cm³/mol. The Kier molecular flexibility index (Phi) is 8.23. The third kappa shape index (κ3) is 8.38. The van der Waals surface area contributed by atoms with Gasteiger partial charge < -0.3 is 0 Å². The number of hydrogen-bond acceptors (Lipinski definition) is 1. The van der Waals surface area contributed by atoms with E-state index in [1.54, 1.807) is 12.2 Å². The molecule has 1 nitrogen and oxygen atoms in total. The minimum atomic E-state index is 0.146. The van der Waals surface area contributed by atoms with Gasteiger partial charge in [0.15, 0.2) is 5.78 Å². The molecule has 0 unspecified atom stereocenters. The monoisotopic (exact) mass is 278 g/mol. The highest BCUT2D eigenvalue weighted by Crippen LogP contribution is 2.01. The van der Waals surface area contributed by atoms with Crippen molar-refractivity contribution in [3.05, 3.63) is 90.1 Å². The van der Waals surface area contributed by atoms with Crippen molar-refractivity contribution in [1.82, 2.24) is 0 Å². The third-order valence-corrected chi connectivity index (χ3v) is 2.77. The topological polar surface area (TPSA) is 17.1 Å². The fraction of sp³-hybridized carbons (Fsp3) is 0.150. The third-order valence-electron chi connectivity index (χ3n) is 2.77. The molecule has 1 aromatic rings. The Morgan fingerprint density at radius 1 is 0.952 bits per heavy atom. The van der Waals surface area contributed by atoms with E-state index < -0.39 is 0 Å². The lowest BCUT2D eigenvalue weighted by atomic mass is 10.2. The molecule has 108 valence electrons. The summed E-state index contributed by atoms with van der Waals surface area (Å²) in [5.41, 5.74) is 2.32. The van der Waals surface area contributed by atoms with E-state index in [4.69, 9.17) is 0 Å². The summed E-state index contributed by atoms with van der Waals surface area (Å²) >= 11 is 0. The number of allylic oxidation sites excluding steroid dienone is 9. The van der Waals surface area contributed by atoms with Gasteiger partial charge in [-0.05, 0) is 18.6 Å². The summed E-state index contributed by atoms with van der Waals surface area (Å²) in [6.45, 7) is 3.88. The Labute approximate surface area is 127 Å². The van der Waals surface area contributed by atoms with Crippen LogP contribution < -0.4 is 0 Å². The van der Waals surface area contributed by atoms with Crippen molar-refractivity contribution in [3.63, 3.8) is 0 Å². The van der Waals surface area contributed by atoms with Crippen molar-refractivity contribution in [2.45, 2.75) is 20.3 Å². The van der Waals surface area contributed by atoms with E-state index in [0.29, 0.717) is 6.42 Å². The van der Waals surface area contributed by atoms with Crippen LogP contribution in [0, 0.1) is 0 Å². The molecular formula is C20H22O. The molecule has 0 saturated carbocycles. The molecule has 0 heterocycles. The van der Waals surface area contributed by atoms with Crippen LogP contribution in [0.1, 0.15) is 25.8 Å². The van der Waals surface area contributed by atoms with Crippen molar-refractivity contribution in [2.75, 3.05) is 0 Å². The number of ketones is 1. The second-order valence-corrected chi connectivity index (χ2v) is 4.60. The van der Waals surface area contributed by atoms with Crippen molar-refractivity contribution in [1.29, 1.82) is 0 Å². The maximum Gasteiger partial charge on any atom is 0.155 e. The molecule has 0 amide bonds. The Bertz CT molecular complexity index is 569. The van der Waals surface area contributed by atoms with Crippen LogP contribution >= 0.6 is 0 Å². The van der Waals surface area contributed by atoms with E-state index in [1.165, 1.54) is 5.56 Å². The first-order chi connectivity index (χ1) is 10.2. The highest BCUT2D eigenvalue weighted by Gasteiger charge is 1.86. The summed E-state index contributed by atoms with van der Waals surface area (Å²) in [5, 5.41) is 0. The zero-order valence-electron chi connectivity index (χ0n) is 12.7. The maximum atomic E-state index is 11.1. The lowest BCUT2D eigenvalue weighted by Crippen LogP contribution is -1.85. The van der Waals surface area contributed by atoms with E-state index in [-0.39, 0.29) is 5.78 Å². The molecule has 0 bridgehead atoms. The van der Waals surface area contributed by atoms with Gasteiger partial charge in [0.05, 0.1) is 0 Å². The van der Waals surface area contributed by atoms with E-state index in [1.807, 2.05) is 68.5 Å². The maximum absolute atomic E-state index is 11.1. The Balaban J connectivity index is 2.43. The zero-order valence-corrected chi connectivity index (χ0v) is 12.7. The van der Waals surface area contributed by atoms with Gasteiger partial charge in [0.2, 0.25) is 0 Å². The van der Waals surface area contributed by atoms with E-state index in [2.05, 4.69) is 18.2 Å². The lowest BCUT2D eigenvalue weighted by Gasteiger charge is -1.88. The molecule has 0 aliphatic carbocycles. The predicted octanol–water partition coefficient (Wildman–Crippen LogP) is 5.29. The largest absolute Gasteiger partial charge is 0.295 e. The molecule has 1 heteroatoms. The van der Waals surface area contributed by atoms with Crippen LogP contribution in [-0.2, 0) is 4.79 Å². The van der Waals surface area contributed by atoms with E-state index >= 15 is 0 Å². The van der Waals surface area contributed by atoms with Crippen LogP contribution in [0.15, 0.2) is 84.5 Å². The van der Waals surface area contributed by atoms with Crippen LogP contribution in [-0.4, -0.2) is 5.78 Å². The molecule has 1 aromatic carbocycles. The Hall–Kier alpha value is -2.41. The summed E-state index contributed by atoms with van der Waals surface area (Å²) in [5.74, 6) is 0.146. The van der Waals surface area contributed by atoms with Gasteiger partial charge in [-0.25, -0.2) is 0 Å². The van der Waals surface area contributed by atoms with Crippen molar-refractivity contribution in [2.24, 2.45) is 0 Å². The normalized spacial score (nSPS) is 13.1. The molecule has 0 N–H and O–H groups in total. The van der Waals surface area contributed by atoms with Crippen LogP contribution in [0.25, 0.3) is 6.08 Å². The molecule has 0 saturated heterocycles. The fourth-order valence-electron chi connectivity index (χ4n) is 1.55. The Morgan fingerprint density at radius 3 is 2.38 bits per heavy atom. The van der Waals surface area contributed by atoms with Gasteiger partial charge in [-0.2, -0.15) is 0 Å². The molecule has 21 heavy (non-hydrogen) atoms. The van der Waals surface area contributed by atoms with E-state index in [0.717, 1.165) is 5.57 Å².